The minimum absolute atomic E-state index is 0.319. The Bertz CT molecular complexity index is 1200. The Morgan fingerprint density at radius 2 is 1.44 bits per heavy atom. The highest BCUT2D eigenvalue weighted by Gasteiger charge is 2.41. The Hall–Kier alpha value is -3.34. The van der Waals surface area contributed by atoms with E-state index in [2.05, 4.69) is 4.99 Å². The van der Waals surface area contributed by atoms with Gasteiger partial charge in [0.1, 0.15) is 0 Å². The quantitative estimate of drug-likeness (QED) is 0.371. The van der Waals surface area contributed by atoms with Crippen LogP contribution in [0.5, 0.6) is 0 Å². The third-order valence-corrected chi connectivity index (χ3v) is 4.78. The van der Waals surface area contributed by atoms with E-state index in [4.69, 9.17) is 0 Å². The molecule has 27 heavy (non-hydrogen) atoms. The molecular formula is C22H13F3N2. The smallest absolute Gasteiger partial charge is 0.289 e. The van der Waals surface area contributed by atoms with E-state index in [9.17, 15) is 13.2 Å². The second-order valence-electron chi connectivity index (χ2n) is 6.42. The summed E-state index contributed by atoms with van der Waals surface area (Å²) in [5.41, 5.74) is 3.47. The zero-order valence-electron chi connectivity index (χ0n) is 14.0. The third-order valence-electron chi connectivity index (χ3n) is 4.78. The van der Waals surface area contributed by atoms with Gasteiger partial charge in [-0.2, -0.15) is 13.2 Å². The molecule has 4 aromatic rings. The first kappa shape index (κ1) is 15.9. The maximum atomic E-state index is 14.1. The van der Waals surface area contributed by atoms with Crippen molar-refractivity contribution in [2.75, 3.05) is 0 Å². The van der Waals surface area contributed by atoms with Crippen LogP contribution in [-0.4, -0.2) is 16.6 Å². The van der Waals surface area contributed by atoms with Crippen LogP contribution in [0.25, 0.3) is 33.3 Å². The van der Waals surface area contributed by atoms with Gasteiger partial charge in [0, 0.05) is 16.5 Å². The highest BCUT2D eigenvalue weighted by molar-refractivity contribution is 6.11. The third kappa shape index (κ3) is 2.39. The monoisotopic (exact) mass is 362 g/mol. The molecule has 3 aromatic carbocycles. The molecule has 5 rings (SSSR count). The van der Waals surface area contributed by atoms with Crippen molar-refractivity contribution in [3.63, 3.8) is 0 Å². The number of rotatable bonds is 1. The number of hydrogen-bond donors (Lipinski definition) is 0. The van der Waals surface area contributed by atoms with Crippen molar-refractivity contribution in [1.82, 2.24) is 4.57 Å². The first-order valence-electron chi connectivity index (χ1n) is 8.49. The number of aliphatic imine (C=N–C) groups is 1. The fourth-order valence-corrected chi connectivity index (χ4v) is 3.67. The molecule has 0 spiro atoms. The van der Waals surface area contributed by atoms with Gasteiger partial charge in [-0.05, 0) is 17.7 Å². The van der Waals surface area contributed by atoms with E-state index in [0.717, 1.165) is 10.9 Å². The van der Waals surface area contributed by atoms with Crippen molar-refractivity contribution in [3.8, 4) is 22.4 Å². The number of hydrogen-bond acceptors (Lipinski definition) is 1. The lowest BCUT2D eigenvalue weighted by molar-refractivity contribution is -0.0612. The Morgan fingerprint density at radius 1 is 0.741 bits per heavy atom. The fourth-order valence-electron chi connectivity index (χ4n) is 3.67. The normalized spacial score (nSPS) is 13.2. The van der Waals surface area contributed by atoms with Crippen LogP contribution in [0.3, 0.4) is 0 Å². The maximum absolute atomic E-state index is 14.1. The zero-order valence-corrected chi connectivity index (χ0v) is 14.0. The average Bonchev–Trinajstić information content (AvgIpc) is 2.97. The van der Waals surface area contributed by atoms with Crippen LogP contribution < -0.4 is 0 Å². The molecule has 1 aliphatic rings. The van der Waals surface area contributed by atoms with E-state index in [0.29, 0.717) is 28.0 Å². The van der Waals surface area contributed by atoms with Crippen LogP contribution >= 0.6 is 0 Å². The molecule has 0 saturated heterocycles. The van der Waals surface area contributed by atoms with Gasteiger partial charge in [-0.15, -0.1) is 0 Å². The minimum Gasteiger partial charge on any atom is -0.289 e. The number of para-hydroxylation sites is 2. The van der Waals surface area contributed by atoms with E-state index >= 15 is 0 Å². The standard InChI is InChI=1S/C22H13F3N2/c23-22(24,25)21-26-18-12-5-4-10-16(18)17-11-6-9-15-13-19(27(21)20(15)17)14-7-2-1-3-8-14/h1-13H. The van der Waals surface area contributed by atoms with Crippen LogP contribution in [0.15, 0.2) is 83.9 Å². The van der Waals surface area contributed by atoms with Gasteiger partial charge >= 0.3 is 6.18 Å². The molecule has 0 fully saturated rings. The molecule has 0 amide bonds. The van der Waals surface area contributed by atoms with Gasteiger partial charge in [0.25, 0.3) is 0 Å². The molecule has 0 saturated carbocycles. The largest absolute Gasteiger partial charge is 0.450 e. The van der Waals surface area contributed by atoms with Gasteiger partial charge < -0.3 is 0 Å². The SMILES string of the molecule is FC(F)(F)C1=Nc2ccccc2-c2cccc3cc(-c4ccccc4)n1c23. The van der Waals surface area contributed by atoms with Gasteiger partial charge in [0.2, 0.25) is 5.84 Å². The number of benzene rings is 3. The van der Waals surface area contributed by atoms with E-state index in [-0.39, 0.29) is 0 Å². The predicted octanol–water partition coefficient (Wildman–Crippen LogP) is 6.43. The average molecular weight is 362 g/mol. The van der Waals surface area contributed by atoms with E-state index < -0.39 is 12.0 Å². The molecule has 2 nitrogen and oxygen atoms in total. The van der Waals surface area contributed by atoms with Gasteiger partial charge in [0.15, 0.2) is 0 Å². The van der Waals surface area contributed by atoms with Crippen LogP contribution in [0.1, 0.15) is 0 Å². The number of fused-ring (bicyclic) bond motifs is 2. The summed E-state index contributed by atoms with van der Waals surface area (Å²) >= 11 is 0. The topological polar surface area (TPSA) is 17.3 Å². The summed E-state index contributed by atoms with van der Waals surface area (Å²) in [7, 11) is 0. The Labute approximate surface area is 153 Å². The number of nitrogens with zero attached hydrogens (tertiary/aromatic N) is 2. The first-order chi connectivity index (χ1) is 13.0. The molecule has 0 radical (unpaired) electrons. The minimum atomic E-state index is -4.60. The molecule has 0 atom stereocenters. The van der Waals surface area contributed by atoms with E-state index in [1.165, 1.54) is 4.57 Å². The summed E-state index contributed by atoms with van der Waals surface area (Å²) in [4.78, 5) is 4.06. The van der Waals surface area contributed by atoms with Crippen molar-refractivity contribution in [2.45, 2.75) is 6.18 Å². The molecule has 1 aliphatic heterocycles. The number of alkyl halides is 3. The zero-order chi connectivity index (χ0) is 18.6. The number of aromatic nitrogens is 1. The maximum Gasteiger partial charge on any atom is 0.450 e. The van der Waals surface area contributed by atoms with Crippen molar-refractivity contribution in [3.05, 3.63) is 78.9 Å². The van der Waals surface area contributed by atoms with Gasteiger partial charge in [-0.3, -0.25) is 4.57 Å². The van der Waals surface area contributed by atoms with Gasteiger partial charge in [-0.25, -0.2) is 4.99 Å². The molecule has 0 unspecified atom stereocenters. The highest BCUT2D eigenvalue weighted by atomic mass is 19.4. The highest BCUT2D eigenvalue weighted by Crippen LogP contribution is 2.43. The van der Waals surface area contributed by atoms with Crippen LogP contribution in [-0.2, 0) is 0 Å². The molecule has 2 heterocycles. The van der Waals surface area contributed by atoms with Crippen molar-refractivity contribution < 1.29 is 13.2 Å². The van der Waals surface area contributed by atoms with E-state index in [1.807, 2.05) is 60.7 Å². The summed E-state index contributed by atoms with van der Waals surface area (Å²) < 4.78 is 43.4. The van der Waals surface area contributed by atoms with Gasteiger partial charge in [0.05, 0.1) is 16.9 Å². The predicted molar refractivity (Wildman–Crippen MR) is 101 cm³/mol. The molecule has 132 valence electrons. The lowest BCUT2D eigenvalue weighted by Gasteiger charge is -2.15. The Morgan fingerprint density at radius 3 is 2.22 bits per heavy atom. The van der Waals surface area contributed by atoms with E-state index in [1.54, 1.807) is 18.2 Å². The van der Waals surface area contributed by atoms with Crippen molar-refractivity contribution in [2.24, 2.45) is 4.99 Å². The first-order valence-corrected chi connectivity index (χ1v) is 8.49. The molecule has 5 heteroatoms. The molecule has 1 aromatic heterocycles. The summed E-state index contributed by atoms with van der Waals surface area (Å²) in [6, 6.07) is 23.4. The van der Waals surface area contributed by atoms with Crippen LogP contribution in [0.4, 0.5) is 18.9 Å². The van der Waals surface area contributed by atoms with Crippen LogP contribution in [0, 0.1) is 0 Å². The summed E-state index contributed by atoms with van der Waals surface area (Å²) in [6.45, 7) is 0. The van der Waals surface area contributed by atoms with Crippen molar-refractivity contribution in [1.29, 1.82) is 0 Å². The molecule has 0 N–H and O–H groups in total. The number of halogens is 3. The molecule has 0 aliphatic carbocycles. The Kier molecular flexibility index (Phi) is 3.28. The molecular weight excluding hydrogens is 349 g/mol. The molecule has 0 bridgehead atoms. The second kappa shape index (κ2) is 5.58. The second-order valence-corrected chi connectivity index (χ2v) is 6.42. The Balaban J connectivity index is 1.98. The summed E-state index contributed by atoms with van der Waals surface area (Å²) in [5, 5.41) is 0.750. The summed E-state index contributed by atoms with van der Waals surface area (Å²) in [6.07, 6.45) is -4.60. The lowest BCUT2D eigenvalue weighted by Crippen LogP contribution is -2.30. The van der Waals surface area contributed by atoms with Gasteiger partial charge in [-0.1, -0.05) is 66.7 Å². The fraction of sp³-hybridized carbons (Fsp3) is 0.0455. The van der Waals surface area contributed by atoms with Crippen LogP contribution in [0.2, 0.25) is 0 Å². The summed E-state index contributed by atoms with van der Waals surface area (Å²) in [5.74, 6) is -0.922. The van der Waals surface area contributed by atoms with Crippen molar-refractivity contribution >= 4 is 22.4 Å². The lowest BCUT2D eigenvalue weighted by atomic mass is 10.0.